The first-order valence-electron chi connectivity index (χ1n) is 9.72. The highest BCUT2D eigenvalue weighted by Crippen LogP contribution is 2.52. The van der Waals surface area contributed by atoms with Crippen molar-refractivity contribution in [2.45, 2.75) is 45.8 Å². The molecule has 0 spiro atoms. The molecule has 0 radical (unpaired) electrons. The van der Waals surface area contributed by atoms with Crippen LogP contribution >= 0.6 is 0 Å². The number of hydrogen-bond donors (Lipinski definition) is 1. The van der Waals surface area contributed by atoms with Crippen molar-refractivity contribution in [2.24, 2.45) is 17.8 Å². The van der Waals surface area contributed by atoms with E-state index in [9.17, 15) is 9.59 Å². The van der Waals surface area contributed by atoms with Gasteiger partial charge in [0.1, 0.15) is 11.3 Å². The molecule has 1 saturated carbocycles. The molecule has 4 rings (SSSR count). The van der Waals surface area contributed by atoms with Crippen LogP contribution in [-0.2, 0) is 15.1 Å². The fourth-order valence-electron chi connectivity index (χ4n) is 4.18. The van der Waals surface area contributed by atoms with E-state index in [0.29, 0.717) is 18.7 Å². The first kappa shape index (κ1) is 18.8. The van der Waals surface area contributed by atoms with Crippen LogP contribution < -0.4 is 5.32 Å². The van der Waals surface area contributed by atoms with Crippen LogP contribution in [0.5, 0.6) is 0 Å². The van der Waals surface area contributed by atoms with Crippen LogP contribution in [0, 0.1) is 17.8 Å². The van der Waals surface area contributed by atoms with Crippen LogP contribution in [0.2, 0.25) is 0 Å². The van der Waals surface area contributed by atoms with E-state index in [-0.39, 0.29) is 29.8 Å². The molecule has 2 aliphatic rings. The maximum absolute atomic E-state index is 12.9. The summed E-state index contributed by atoms with van der Waals surface area (Å²) in [5.74, 6) is 0.363. The third kappa shape index (κ3) is 3.34. The number of para-hydroxylation sites is 1. The van der Waals surface area contributed by atoms with Crippen LogP contribution in [0.3, 0.4) is 0 Å². The first-order valence-corrected chi connectivity index (χ1v) is 9.72. The van der Waals surface area contributed by atoms with E-state index in [4.69, 9.17) is 9.26 Å². The molecule has 2 fully saturated rings. The van der Waals surface area contributed by atoms with Gasteiger partial charge >= 0.3 is 6.09 Å². The summed E-state index contributed by atoms with van der Waals surface area (Å²) in [6.07, 6.45) is -0.298. The number of aromatic nitrogens is 1. The number of carbonyl (C=O) groups is 2. The van der Waals surface area contributed by atoms with Crippen LogP contribution in [0.25, 0.3) is 11.0 Å². The molecule has 7 heteroatoms. The molecule has 2 atom stereocenters. The predicted octanol–water partition coefficient (Wildman–Crippen LogP) is 3.29. The van der Waals surface area contributed by atoms with Crippen molar-refractivity contribution < 1.29 is 18.8 Å². The Morgan fingerprint density at radius 2 is 1.79 bits per heavy atom. The molecule has 1 N–H and O–H groups in total. The van der Waals surface area contributed by atoms with Gasteiger partial charge < -0.3 is 19.5 Å². The minimum absolute atomic E-state index is 0.0101. The van der Waals surface area contributed by atoms with Crippen molar-refractivity contribution in [2.75, 3.05) is 13.1 Å². The Kier molecular flexibility index (Phi) is 4.17. The van der Waals surface area contributed by atoms with Crippen LogP contribution in [0.1, 0.15) is 40.3 Å². The Labute approximate surface area is 164 Å². The Bertz CT molecular complexity index is 915. The predicted molar refractivity (Wildman–Crippen MR) is 103 cm³/mol. The number of likely N-dealkylation sites (tertiary alicyclic amines) is 1. The summed E-state index contributed by atoms with van der Waals surface area (Å²) < 4.78 is 10.8. The minimum Gasteiger partial charge on any atom is -0.444 e. The number of hydrogen-bond acceptors (Lipinski definition) is 5. The molecule has 150 valence electrons. The topological polar surface area (TPSA) is 84.7 Å². The van der Waals surface area contributed by atoms with E-state index in [1.54, 1.807) is 4.90 Å². The van der Waals surface area contributed by atoms with Gasteiger partial charge in [0.2, 0.25) is 5.91 Å². The number of nitrogens with one attached hydrogen (secondary N) is 1. The van der Waals surface area contributed by atoms with Crippen molar-refractivity contribution in [3.8, 4) is 0 Å². The summed E-state index contributed by atoms with van der Waals surface area (Å²) in [4.78, 5) is 26.8. The van der Waals surface area contributed by atoms with Gasteiger partial charge in [0, 0.05) is 24.4 Å². The summed E-state index contributed by atoms with van der Waals surface area (Å²) >= 11 is 0. The molecule has 1 aromatic heterocycles. The van der Waals surface area contributed by atoms with E-state index < -0.39 is 11.1 Å². The largest absolute Gasteiger partial charge is 0.444 e. The highest BCUT2D eigenvalue weighted by atomic mass is 16.6. The number of nitrogens with zero attached hydrogens (tertiary/aromatic N) is 2. The number of ether oxygens (including phenoxy) is 1. The number of piperidine rings is 1. The van der Waals surface area contributed by atoms with Gasteiger partial charge in [-0.15, -0.1) is 0 Å². The average molecular weight is 385 g/mol. The number of benzene rings is 1. The molecule has 1 aliphatic carbocycles. The standard InChI is InChI=1S/C21H27N3O4/c1-20(2,3)27-19(26)24-10-13-14(11-24)16(13)18(25)22-21(4,5)17-12-8-6-7-9-15(12)28-23-17/h6-9,13-14,16H,10-11H2,1-5H3,(H,22,25). The maximum atomic E-state index is 12.9. The molecule has 0 bridgehead atoms. The molecule has 1 aromatic carbocycles. The summed E-state index contributed by atoms with van der Waals surface area (Å²) in [6.45, 7) is 10.6. The Morgan fingerprint density at radius 3 is 2.43 bits per heavy atom. The second-order valence-electron chi connectivity index (χ2n) is 9.38. The Balaban J connectivity index is 1.38. The molecule has 2 aromatic rings. The van der Waals surface area contributed by atoms with Crippen LogP contribution in [0.4, 0.5) is 4.79 Å². The van der Waals surface area contributed by atoms with Gasteiger partial charge in [-0.05, 0) is 58.6 Å². The molecule has 2 heterocycles. The van der Waals surface area contributed by atoms with Crippen molar-refractivity contribution in [1.82, 2.24) is 15.4 Å². The summed E-state index contributed by atoms with van der Waals surface area (Å²) in [7, 11) is 0. The lowest BCUT2D eigenvalue weighted by Gasteiger charge is -2.27. The Hall–Kier alpha value is -2.57. The third-order valence-corrected chi connectivity index (χ3v) is 5.55. The van der Waals surface area contributed by atoms with Gasteiger partial charge in [-0.25, -0.2) is 4.79 Å². The Morgan fingerprint density at radius 1 is 1.14 bits per heavy atom. The molecule has 2 amide bonds. The average Bonchev–Trinajstić information content (AvgIpc) is 2.96. The zero-order valence-corrected chi connectivity index (χ0v) is 17.0. The molecule has 7 nitrogen and oxygen atoms in total. The number of rotatable bonds is 3. The molecular weight excluding hydrogens is 358 g/mol. The van der Waals surface area contributed by atoms with E-state index >= 15 is 0 Å². The third-order valence-electron chi connectivity index (χ3n) is 5.55. The van der Waals surface area contributed by atoms with Crippen molar-refractivity contribution in [3.63, 3.8) is 0 Å². The van der Waals surface area contributed by atoms with Crippen molar-refractivity contribution >= 4 is 23.0 Å². The zero-order chi connectivity index (χ0) is 20.3. The van der Waals surface area contributed by atoms with Crippen LogP contribution in [0.15, 0.2) is 28.8 Å². The van der Waals surface area contributed by atoms with Gasteiger partial charge in [-0.3, -0.25) is 4.79 Å². The van der Waals surface area contributed by atoms with Crippen molar-refractivity contribution in [3.05, 3.63) is 30.0 Å². The zero-order valence-electron chi connectivity index (χ0n) is 17.0. The lowest BCUT2D eigenvalue weighted by molar-refractivity contribution is -0.125. The van der Waals surface area contributed by atoms with Crippen LogP contribution in [-0.4, -0.2) is 40.7 Å². The summed E-state index contributed by atoms with van der Waals surface area (Å²) in [6, 6.07) is 7.63. The number of carbonyl (C=O) groups excluding carboxylic acids is 2. The summed E-state index contributed by atoms with van der Waals surface area (Å²) in [5.41, 5.74) is 0.268. The highest BCUT2D eigenvalue weighted by Gasteiger charge is 2.61. The smallest absolute Gasteiger partial charge is 0.410 e. The number of fused-ring (bicyclic) bond motifs is 2. The molecule has 2 unspecified atom stereocenters. The van der Waals surface area contributed by atoms with Gasteiger partial charge in [0.25, 0.3) is 0 Å². The molecule has 1 aliphatic heterocycles. The quantitative estimate of drug-likeness (QED) is 0.876. The fraction of sp³-hybridized carbons (Fsp3) is 0.571. The second-order valence-corrected chi connectivity index (χ2v) is 9.38. The lowest BCUT2D eigenvalue weighted by atomic mass is 9.96. The lowest BCUT2D eigenvalue weighted by Crippen LogP contribution is -2.44. The van der Waals surface area contributed by atoms with Gasteiger partial charge in [0.15, 0.2) is 5.58 Å². The second kappa shape index (κ2) is 6.22. The van der Waals surface area contributed by atoms with E-state index in [2.05, 4.69) is 10.5 Å². The SMILES string of the molecule is CC(C)(C)OC(=O)N1CC2C(C1)C2C(=O)NC(C)(C)c1noc2ccccc12. The van der Waals surface area contributed by atoms with Crippen molar-refractivity contribution in [1.29, 1.82) is 0 Å². The van der Waals surface area contributed by atoms with E-state index in [1.807, 2.05) is 58.9 Å². The monoisotopic (exact) mass is 385 g/mol. The summed E-state index contributed by atoms with van der Waals surface area (Å²) in [5, 5.41) is 8.21. The maximum Gasteiger partial charge on any atom is 0.410 e. The normalized spacial score (nSPS) is 24.2. The van der Waals surface area contributed by atoms with E-state index in [1.165, 1.54) is 0 Å². The van der Waals surface area contributed by atoms with Gasteiger partial charge in [-0.1, -0.05) is 17.3 Å². The van der Waals surface area contributed by atoms with Gasteiger partial charge in [0.05, 0.1) is 5.54 Å². The molecular formula is C21H27N3O4. The molecule has 1 saturated heterocycles. The van der Waals surface area contributed by atoms with E-state index in [0.717, 1.165) is 11.1 Å². The first-order chi connectivity index (χ1) is 13.1. The fourth-order valence-corrected chi connectivity index (χ4v) is 4.18. The number of amides is 2. The molecule has 28 heavy (non-hydrogen) atoms. The van der Waals surface area contributed by atoms with Gasteiger partial charge in [-0.2, -0.15) is 0 Å². The highest BCUT2D eigenvalue weighted by molar-refractivity contribution is 5.86. The minimum atomic E-state index is -0.647.